The number of carbonyl (C=O) groups is 2. The third-order valence-corrected chi connectivity index (χ3v) is 7.69. The van der Waals surface area contributed by atoms with Gasteiger partial charge < -0.3 is 10.2 Å². The van der Waals surface area contributed by atoms with E-state index >= 15 is 0 Å². The van der Waals surface area contributed by atoms with Gasteiger partial charge in [0, 0.05) is 42.2 Å². The summed E-state index contributed by atoms with van der Waals surface area (Å²) in [7, 11) is -2.06. The average Bonchev–Trinajstić information content (AvgIpc) is 2.77. The summed E-state index contributed by atoms with van der Waals surface area (Å²) in [6.07, 6.45) is 1.46. The highest BCUT2D eigenvalue weighted by Gasteiger charge is 2.27. The van der Waals surface area contributed by atoms with Gasteiger partial charge in [-0.2, -0.15) is 0 Å². The largest absolute Gasteiger partial charge is 0.357 e. The minimum Gasteiger partial charge on any atom is -0.357 e. The molecule has 2 amide bonds. The molecule has 0 saturated heterocycles. The second-order valence-electron chi connectivity index (χ2n) is 8.17. The number of anilines is 1. The summed E-state index contributed by atoms with van der Waals surface area (Å²) in [5.74, 6) is -0.633. The van der Waals surface area contributed by atoms with Crippen LogP contribution in [0.1, 0.15) is 36.5 Å². The van der Waals surface area contributed by atoms with Crippen LogP contribution in [0.2, 0.25) is 10.0 Å². The van der Waals surface area contributed by atoms with Crippen molar-refractivity contribution in [2.75, 3.05) is 24.2 Å². The van der Waals surface area contributed by atoms with Gasteiger partial charge in [-0.15, -0.1) is 0 Å². The molecule has 0 unspecified atom stereocenters. The fraction of sp³-hybridized carbons (Fsp3) is 0.417. The minimum atomic E-state index is -3.56. The monoisotopic (exact) mass is 527 g/mol. The molecular formula is C24H31Cl2N3O4S. The van der Waals surface area contributed by atoms with Crippen LogP contribution in [0.4, 0.5) is 5.69 Å². The summed E-state index contributed by atoms with van der Waals surface area (Å²) in [4.78, 5) is 27.0. The Kier molecular flexibility index (Phi) is 9.79. The molecule has 0 saturated carbocycles. The van der Waals surface area contributed by atoms with Crippen LogP contribution >= 0.6 is 23.2 Å². The van der Waals surface area contributed by atoms with E-state index in [9.17, 15) is 18.0 Å². The van der Waals surface area contributed by atoms with E-state index in [2.05, 4.69) is 5.32 Å². The molecule has 2 aromatic rings. The van der Waals surface area contributed by atoms with Crippen molar-refractivity contribution < 1.29 is 18.0 Å². The molecule has 0 spiro atoms. The Morgan fingerprint density at radius 2 is 1.65 bits per heavy atom. The summed E-state index contributed by atoms with van der Waals surface area (Å²) in [6, 6.07) is 9.76. The maximum absolute atomic E-state index is 13.2. The number of hydrogen-bond acceptors (Lipinski definition) is 4. The first-order valence-electron chi connectivity index (χ1n) is 10.9. The molecule has 1 N–H and O–H groups in total. The minimum absolute atomic E-state index is 0.0420. The summed E-state index contributed by atoms with van der Waals surface area (Å²) in [5.41, 5.74) is 2.98. The molecular weight excluding hydrogens is 497 g/mol. The number of carbonyl (C=O) groups excluding carboxylic acids is 2. The van der Waals surface area contributed by atoms with Gasteiger partial charge >= 0.3 is 0 Å². The number of sulfonamides is 1. The zero-order valence-electron chi connectivity index (χ0n) is 20.1. The van der Waals surface area contributed by atoms with Crippen LogP contribution < -0.4 is 9.62 Å². The maximum Gasteiger partial charge on any atom is 0.242 e. The highest BCUT2D eigenvalue weighted by molar-refractivity contribution is 7.92. The molecule has 34 heavy (non-hydrogen) atoms. The Bertz CT molecular complexity index is 1130. The zero-order chi connectivity index (χ0) is 25.6. The summed E-state index contributed by atoms with van der Waals surface area (Å²) >= 11 is 12.6. The normalized spacial score (nSPS) is 12.2. The van der Waals surface area contributed by atoms with E-state index in [1.807, 2.05) is 19.9 Å². The van der Waals surface area contributed by atoms with Crippen molar-refractivity contribution in [3.63, 3.8) is 0 Å². The lowest BCUT2D eigenvalue weighted by molar-refractivity contribution is -0.140. The first kappa shape index (κ1) is 28.0. The van der Waals surface area contributed by atoms with Crippen LogP contribution in [0, 0.1) is 13.8 Å². The molecule has 0 bridgehead atoms. The first-order valence-corrected chi connectivity index (χ1v) is 13.5. The van der Waals surface area contributed by atoms with E-state index < -0.39 is 16.1 Å². The van der Waals surface area contributed by atoms with E-state index in [4.69, 9.17) is 23.2 Å². The molecule has 0 heterocycles. The van der Waals surface area contributed by atoms with E-state index in [-0.39, 0.29) is 37.7 Å². The topological polar surface area (TPSA) is 86.8 Å². The number of rotatable bonds is 10. The third kappa shape index (κ3) is 6.87. The van der Waals surface area contributed by atoms with Crippen LogP contribution in [-0.4, -0.2) is 51.0 Å². The standard InChI is InChI=1S/C24H31Cl2N3O4S/c1-16-9-6-12-22(17(16)2)29(34(5,32)33)14-8-13-23(30)28(18(3)24(31)27-4)15-19-20(25)10-7-11-21(19)26/h6-7,9-12,18H,8,13-15H2,1-5H3,(H,27,31)/t18-/m0/s1. The van der Waals surface area contributed by atoms with Crippen molar-refractivity contribution in [2.24, 2.45) is 0 Å². The van der Waals surface area contributed by atoms with Crippen LogP contribution in [0.25, 0.3) is 0 Å². The van der Waals surface area contributed by atoms with Crippen LogP contribution in [0.5, 0.6) is 0 Å². The predicted molar refractivity (Wildman–Crippen MR) is 138 cm³/mol. The Morgan fingerprint density at radius 1 is 1.06 bits per heavy atom. The number of likely N-dealkylation sites (N-methyl/N-ethyl adjacent to an activating group) is 1. The fourth-order valence-corrected chi connectivity index (χ4v) is 5.17. The molecule has 2 aromatic carbocycles. The smallest absolute Gasteiger partial charge is 0.242 e. The molecule has 0 aromatic heterocycles. The van der Waals surface area contributed by atoms with Crippen molar-refractivity contribution in [1.82, 2.24) is 10.2 Å². The second-order valence-corrected chi connectivity index (χ2v) is 10.9. The zero-order valence-corrected chi connectivity index (χ0v) is 22.4. The van der Waals surface area contributed by atoms with Gasteiger partial charge in [-0.05, 0) is 56.5 Å². The number of nitrogens with one attached hydrogen (secondary N) is 1. The van der Waals surface area contributed by atoms with E-state index in [0.29, 0.717) is 21.3 Å². The van der Waals surface area contributed by atoms with Gasteiger partial charge in [0.05, 0.1) is 11.9 Å². The van der Waals surface area contributed by atoms with Crippen molar-refractivity contribution in [3.8, 4) is 0 Å². The lowest BCUT2D eigenvalue weighted by Gasteiger charge is -2.30. The predicted octanol–water partition coefficient (Wildman–Crippen LogP) is 4.32. The Labute approximate surface area is 212 Å². The molecule has 0 fully saturated rings. The molecule has 7 nitrogen and oxygen atoms in total. The van der Waals surface area contributed by atoms with Crippen molar-refractivity contribution in [1.29, 1.82) is 0 Å². The number of halogens is 2. The average molecular weight is 529 g/mol. The molecule has 2 rings (SSSR count). The fourth-order valence-electron chi connectivity index (χ4n) is 3.63. The molecule has 0 radical (unpaired) electrons. The summed E-state index contributed by atoms with van der Waals surface area (Å²) < 4.78 is 26.3. The number of benzene rings is 2. The maximum atomic E-state index is 13.2. The van der Waals surface area contributed by atoms with E-state index in [1.165, 1.54) is 16.3 Å². The lowest BCUT2D eigenvalue weighted by Crippen LogP contribution is -2.47. The molecule has 186 valence electrons. The van der Waals surface area contributed by atoms with E-state index in [1.54, 1.807) is 37.3 Å². The molecule has 0 aliphatic heterocycles. The Hall–Kier alpha value is -2.29. The van der Waals surface area contributed by atoms with E-state index in [0.717, 1.165) is 17.4 Å². The van der Waals surface area contributed by atoms with Gasteiger partial charge in [-0.1, -0.05) is 41.4 Å². The quantitative estimate of drug-likeness (QED) is 0.498. The van der Waals surface area contributed by atoms with Gasteiger partial charge in [0.15, 0.2) is 0 Å². The van der Waals surface area contributed by atoms with Crippen LogP contribution in [0.15, 0.2) is 36.4 Å². The third-order valence-electron chi connectivity index (χ3n) is 5.80. The molecule has 1 atom stereocenters. The number of hydrogen-bond donors (Lipinski definition) is 1. The Balaban J connectivity index is 2.23. The van der Waals surface area contributed by atoms with Gasteiger partial charge in [-0.3, -0.25) is 13.9 Å². The van der Waals surface area contributed by atoms with Crippen LogP contribution in [-0.2, 0) is 26.2 Å². The number of aryl methyl sites for hydroxylation is 1. The van der Waals surface area contributed by atoms with Gasteiger partial charge in [0.1, 0.15) is 6.04 Å². The SMILES string of the molecule is CNC(=O)[C@H](C)N(Cc1c(Cl)cccc1Cl)C(=O)CCCN(c1cccc(C)c1C)S(C)(=O)=O. The summed E-state index contributed by atoms with van der Waals surface area (Å²) in [5, 5.41) is 3.35. The highest BCUT2D eigenvalue weighted by Crippen LogP contribution is 2.28. The Morgan fingerprint density at radius 3 is 2.21 bits per heavy atom. The van der Waals surface area contributed by atoms with Gasteiger partial charge in [0.2, 0.25) is 21.8 Å². The van der Waals surface area contributed by atoms with Crippen LogP contribution in [0.3, 0.4) is 0 Å². The summed E-state index contributed by atoms with van der Waals surface area (Å²) in [6.45, 7) is 5.60. The van der Waals surface area contributed by atoms with Crippen molar-refractivity contribution in [3.05, 3.63) is 63.1 Å². The highest BCUT2D eigenvalue weighted by atomic mass is 35.5. The van der Waals surface area contributed by atoms with Crippen molar-refractivity contribution >= 4 is 50.7 Å². The van der Waals surface area contributed by atoms with Crippen molar-refractivity contribution in [2.45, 2.75) is 46.2 Å². The number of amides is 2. The number of nitrogens with zero attached hydrogens (tertiary/aromatic N) is 2. The van der Waals surface area contributed by atoms with Gasteiger partial charge in [-0.25, -0.2) is 8.42 Å². The molecule has 0 aliphatic carbocycles. The molecule has 0 aliphatic rings. The first-order chi connectivity index (χ1) is 15.9. The van der Waals surface area contributed by atoms with Gasteiger partial charge in [0.25, 0.3) is 0 Å². The lowest BCUT2D eigenvalue weighted by atomic mass is 10.1. The molecule has 10 heteroatoms. The second kappa shape index (κ2) is 11.9.